The van der Waals surface area contributed by atoms with Crippen molar-refractivity contribution in [3.63, 3.8) is 0 Å². The fourth-order valence-electron chi connectivity index (χ4n) is 3.44. The Morgan fingerprint density at radius 3 is 2.45 bits per heavy atom. The van der Waals surface area contributed by atoms with Crippen molar-refractivity contribution in [2.45, 2.75) is 45.1 Å². The molecule has 1 aromatic rings. The Kier molecular flexibility index (Phi) is 6.16. The average Bonchev–Trinajstić information content (AvgIpc) is 3.09. The normalized spacial score (nSPS) is 20.7. The predicted molar refractivity (Wildman–Crippen MR) is 103 cm³/mol. The largest absolute Gasteiger partial charge is 0.486 e. The highest BCUT2D eigenvalue weighted by atomic mass is 19.4. The zero-order valence-corrected chi connectivity index (χ0v) is 17.0. The van der Waals surface area contributed by atoms with Gasteiger partial charge in [-0.25, -0.2) is 4.79 Å². The number of likely N-dealkylation sites (tertiary alicyclic amines) is 1. The SMILES string of the molecule is CC(C)(C)OC(=O)N1CC[C@H](Oc2ccc(C(F)(F)F)cc2N2CCNCC2)C1. The molecule has 0 radical (unpaired) electrons. The Balaban J connectivity index is 1.74. The van der Waals surface area contributed by atoms with Gasteiger partial charge in [0.05, 0.1) is 17.8 Å². The van der Waals surface area contributed by atoms with Crippen molar-refractivity contribution in [3.8, 4) is 5.75 Å². The van der Waals surface area contributed by atoms with Gasteiger partial charge < -0.3 is 24.6 Å². The molecule has 0 unspecified atom stereocenters. The van der Waals surface area contributed by atoms with E-state index in [0.29, 0.717) is 57.1 Å². The number of ether oxygens (including phenoxy) is 2. The Hall–Kier alpha value is -2.16. The minimum atomic E-state index is -4.41. The molecule has 29 heavy (non-hydrogen) atoms. The molecule has 0 spiro atoms. The number of benzene rings is 1. The van der Waals surface area contributed by atoms with Crippen molar-refractivity contribution >= 4 is 11.8 Å². The van der Waals surface area contributed by atoms with Crippen LogP contribution in [0.2, 0.25) is 0 Å². The van der Waals surface area contributed by atoms with Crippen LogP contribution in [-0.4, -0.2) is 62.0 Å². The third kappa shape index (κ3) is 5.68. The minimum Gasteiger partial charge on any atom is -0.486 e. The lowest BCUT2D eigenvalue weighted by Crippen LogP contribution is -2.43. The second kappa shape index (κ2) is 8.30. The van der Waals surface area contributed by atoms with Crippen molar-refractivity contribution in [2.24, 2.45) is 0 Å². The predicted octanol–water partition coefficient (Wildman–Crippen LogP) is 3.50. The molecule has 3 rings (SSSR count). The molecule has 1 N–H and O–H groups in total. The molecule has 2 heterocycles. The van der Waals surface area contributed by atoms with E-state index in [1.807, 2.05) is 4.90 Å². The standard InChI is InChI=1S/C20H28F3N3O3/c1-19(2,3)29-18(27)26-9-6-15(13-26)28-17-5-4-14(20(21,22)23)12-16(17)25-10-7-24-8-11-25/h4-5,12,15,24H,6-11,13H2,1-3H3/t15-/m0/s1. The van der Waals surface area contributed by atoms with Crippen molar-refractivity contribution in [1.82, 2.24) is 10.2 Å². The van der Waals surface area contributed by atoms with Crippen LogP contribution in [0.15, 0.2) is 18.2 Å². The maximum Gasteiger partial charge on any atom is 0.416 e. The van der Waals surface area contributed by atoms with E-state index < -0.39 is 23.4 Å². The first kappa shape index (κ1) is 21.5. The van der Waals surface area contributed by atoms with E-state index in [-0.39, 0.29) is 6.10 Å². The number of halogens is 3. The number of amides is 1. The van der Waals surface area contributed by atoms with E-state index in [1.54, 1.807) is 25.7 Å². The zero-order valence-electron chi connectivity index (χ0n) is 17.0. The van der Waals surface area contributed by atoms with E-state index in [4.69, 9.17) is 9.47 Å². The maximum atomic E-state index is 13.2. The second-order valence-corrected chi connectivity index (χ2v) is 8.37. The van der Waals surface area contributed by atoms with Gasteiger partial charge in [-0.1, -0.05) is 0 Å². The van der Waals surface area contributed by atoms with Crippen molar-refractivity contribution in [1.29, 1.82) is 0 Å². The molecule has 0 bridgehead atoms. The van der Waals surface area contributed by atoms with Gasteiger partial charge in [-0.2, -0.15) is 13.2 Å². The van der Waals surface area contributed by atoms with Gasteiger partial charge in [0.25, 0.3) is 0 Å². The first-order valence-electron chi connectivity index (χ1n) is 9.84. The van der Waals surface area contributed by atoms with Gasteiger partial charge in [0.15, 0.2) is 0 Å². The van der Waals surface area contributed by atoms with Crippen LogP contribution < -0.4 is 15.0 Å². The molecule has 6 nitrogen and oxygen atoms in total. The van der Waals surface area contributed by atoms with Gasteiger partial charge in [-0.3, -0.25) is 0 Å². The molecule has 0 saturated carbocycles. The van der Waals surface area contributed by atoms with Crippen LogP contribution in [0.5, 0.6) is 5.75 Å². The summed E-state index contributed by atoms with van der Waals surface area (Å²) < 4.78 is 51.1. The topological polar surface area (TPSA) is 54.0 Å². The number of piperazine rings is 1. The van der Waals surface area contributed by atoms with Crippen LogP contribution in [0.1, 0.15) is 32.8 Å². The van der Waals surface area contributed by atoms with Gasteiger partial charge in [0.1, 0.15) is 17.5 Å². The minimum absolute atomic E-state index is 0.291. The highest BCUT2D eigenvalue weighted by Gasteiger charge is 2.34. The molecule has 2 fully saturated rings. The van der Waals surface area contributed by atoms with Crippen LogP contribution in [0, 0.1) is 0 Å². The number of carbonyl (C=O) groups excluding carboxylic acids is 1. The Morgan fingerprint density at radius 2 is 1.83 bits per heavy atom. The third-order valence-electron chi connectivity index (χ3n) is 4.83. The fourth-order valence-corrected chi connectivity index (χ4v) is 3.44. The molecule has 1 aromatic carbocycles. The fraction of sp³-hybridized carbons (Fsp3) is 0.650. The molecular weight excluding hydrogens is 387 g/mol. The van der Waals surface area contributed by atoms with E-state index in [1.165, 1.54) is 6.07 Å². The number of nitrogens with one attached hydrogen (secondary N) is 1. The lowest BCUT2D eigenvalue weighted by atomic mass is 10.1. The number of hydrogen-bond donors (Lipinski definition) is 1. The quantitative estimate of drug-likeness (QED) is 0.819. The van der Waals surface area contributed by atoms with E-state index in [9.17, 15) is 18.0 Å². The number of nitrogens with zero attached hydrogens (tertiary/aromatic N) is 2. The summed E-state index contributed by atoms with van der Waals surface area (Å²) in [5, 5.41) is 3.20. The van der Waals surface area contributed by atoms with Gasteiger partial charge in [0, 0.05) is 39.1 Å². The summed E-state index contributed by atoms with van der Waals surface area (Å²) in [6.07, 6.45) is -4.51. The van der Waals surface area contributed by atoms with Gasteiger partial charge in [0.2, 0.25) is 0 Å². The van der Waals surface area contributed by atoms with Crippen LogP contribution in [0.25, 0.3) is 0 Å². The molecular formula is C20H28F3N3O3. The molecule has 1 atom stereocenters. The monoisotopic (exact) mass is 415 g/mol. The molecule has 2 saturated heterocycles. The number of carbonyl (C=O) groups is 1. The van der Waals surface area contributed by atoms with Crippen molar-refractivity contribution in [3.05, 3.63) is 23.8 Å². The maximum absolute atomic E-state index is 13.2. The van der Waals surface area contributed by atoms with Crippen LogP contribution >= 0.6 is 0 Å². The summed E-state index contributed by atoms with van der Waals surface area (Å²) in [6.45, 7) is 8.85. The summed E-state index contributed by atoms with van der Waals surface area (Å²) >= 11 is 0. The number of hydrogen-bond acceptors (Lipinski definition) is 5. The van der Waals surface area contributed by atoms with E-state index in [0.717, 1.165) is 12.1 Å². The highest BCUT2D eigenvalue weighted by Crippen LogP contribution is 2.38. The molecule has 0 aliphatic carbocycles. The van der Waals surface area contributed by atoms with Gasteiger partial charge in [-0.15, -0.1) is 0 Å². The number of rotatable bonds is 3. The Labute approximate surface area is 168 Å². The van der Waals surface area contributed by atoms with Crippen molar-refractivity contribution in [2.75, 3.05) is 44.2 Å². The third-order valence-corrected chi connectivity index (χ3v) is 4.83. The zero-order chi connectivity index (χ0) is 21.2. The Morgan fingerprint density at radius 1 is 1.14 bits per heavy atom. The van der Waals surface area contributed by atoms with Gasteiger partial charge >= 0.3 is 12.3 Å². The first-order valence-corrected chi connectivity index (χ1v) is 9.84. The second-order valence-electron chi connectivity index (χ2n) is 8.37. The van der Waals surface area contributed by atoms with Crippen molar-refractivity contribution < 1.29 is 27.4 Å². The first-order chi connectivity index (χ1) is 13.5. The molecule has 2 aliphatic heterocycles. The summed E-state index contributed by atoms with van der Waals surface area (Å²) in [4.78, 5) is 15.7. The summed E-state index contributed by atoms with van der Waals surface area (Å²) in [7, 11) is 0. The number of alkyl halides is 3. The van der Waals surface area contributed by atoms with Crippen LogP contribution in [0.4, 0.5) is 23.7 Å². The summed E-state index contributed by atoms with van der Waals surface area (Å²) in [5.74, 6) is 0.413. The molecule has 0 aromatic heterocycles. The van der Waals surface area contributed by atoms with Crippen LogP contribution in [0.3, 0.4) is 0 Å². The average molecular weight is 415 g/mol. The molecule has 2 aliphatic rings. The van der Waals surface area contributed by atoms with E-state index in [2.05, 4.69) is 5.32 Å². The Bertz CT molecular complexity index is 728. The molecule has 9 heteroatoms. The lowest BCUT2D eigenvalue weighted by Gasteiger charge is -2.32. The van der Waals surface area contributed by atoms with Gasteiger partial charge in [-0.05, 0) is 39.0 Å². The highest BCUT2D eigenvalue weighted by molar-refractivity contribution is 5.68. The lowest BCUT2D eigenvalue weighted by molar-refractivity contribution is -0.137. The van der Waals surface area contributed by atoms with Crippen LogP contribution in [-0.2, 0) is 10.9 Å². The molecule has 162 valence electrons. The summed E-state index contributed by atoms with van der Waals surface area (Å²) in [6, 6.07) is 3.58. The summed E-state index contributed by atoms with van der Waals surface area (Å²) in [5.41, 5.74) is -0.837. The van der Waals surface area contributed by atoms with E-state index >= 15 is 0 Å². The number of anilines is 1. The smallest absolute Gasteiger partial charge is 0.416 e. The molecule has 1 amide bonds.